The van der Waals surface area contributed by atoms with Crippen LogP contribution in [0.2, 0.25) is 0 Å². The number of ether oxygens (including phenoxy) is 1. The van der Waals surface area contributed by atoms with Gasteiger partial charge in [-0.15, -0.1) is 11.3 Å². The van der Waals surface area contributed by atoms with Gasteiger partial charge in [-0.05, 0) is 18.9 Å². The lowest BCUT2D eigenvalue weighted by Crippen LogP contribution is -2.39. The summed E-state index contributed by atoms with van der Waals surface area (Å²) in [5.74, 6) is 1.62. The molecule has 3 heterocycles. The highest BCUT2D eigenvalue weighted by molar-refractivity contribution is 7.13. The van der Waals surface area contributed by atoms with Crippen LogP contribution in [0, 0.1) is 0 Å². The zero-order valence-electron chi connectivity index (χ0n) is 16.1. The summed E-state index contributed by atoms with van der Waals surface area (Å²) in [7, 11) is 1.61. The third-order valence-electron chi connectivity index (χ3n) is 5.18. The number of carbonyl (C=O) groups is 1. The molecule has 7 nitrogen and oxygen atoms in total. The number of nitrogens with one attached hydrogen (secondary N) is 1. The maximum absolute atomic E-state index is 12.7. The molecular weight excluding hydrogens is 388 g/mol. The fourth-order valence-electron chi connectivity index (χ4n) is 3.66. The average Bonchev–Trinajstić information content (AvgIpc) is 3.29. The van der Waals surface area contributed by atoms with Crippen molar-refractivity contribution in [2.45, 2.75) is 25.2 Å². The number of H-pyrrole nitrogens is 1. The number of aromatic nitrogens is 3. The Morgan fingerprint density at radius 1 is 1.31 bits per heavy atom. The van der Waals surface area contributed by atoms with Crippen LogP contribution < -0.4 is 10.3 Å². The van der Waals surface area contributed by atoms with Crippen LogP contribution in [0.3, 0.4) is 0 Å². The van der Waals surface area contributed by atoms with E-state index in [0.29, 0.717) is 31.0 Å². The molecule has 1 N–H and O–H groups in total. The third kappa shape index (κ3) is 4.37. The van der Waals surface area contributed by atoms with Crippen molar-refractivity contribution in [3.05, 3.63) is 63.7 Å². The second kappa shape index (κ2) is 8.57. The van der Waals surface area contributed by atoms with Gasteiger partial charge in [-0.3, -0.25) is 9.59 Å². The minimum Gasteiger partial charge on any atom is -0.496 e. The number of amides is 1. The Morgan fingerprint density at radius 2 is 2.10 bits per heavy atom. The zero-order chi connectivity index (χ0) is 20.2. The fraction of sp³-hybridized carbons (Fsp3) is 0.333. The Balaban J connectivity index is 1.42. The molecular formula is C21H22N4O3S. The maximum Gasteiger partial charge on any atom is 0.251 e. The molecule has 1 amide bonds. The molecule has 4 rings (SSSR count). The van der Waals surface area contributed by atoms with Crippen LogP contribution in [-0.2, 0) is 11.2 Å². The molecule has 0 spiro atoms. The Hall–Kier alpha value is -3.00. The summed E-state index contributed by atoms with van der Waals surface area (Å²) in [6, 6.07) is 9.07. The molecule has 0 aliphatic carbocycles. The number of carbonyl (C=O) groups excluding carboxylic acids is 1. The number of methoxy groups -OCH3 is 1. The molecule has 0 radical (unpaired) electrons. The van der Waals surface area contributed by atoms with Crippen LogP contribution in [0.15, 0.2) is 46.7 Å². The van der Waals surface area contributed by atoms with E-state index >= 15 is 0 Å². The number of para-hydroxylation sites is 1. The molecule has 3 aromatic rings. The van der Waals surface area contributed by atoms with E-state index in [0.717, 1.165) is 29.2 Å². The molecule has 1 fully saturated rings. The van der Waals surface area contributed by atoms with Gasteiger partial charge in [-0.1, -0.05) is 18.2 Å². The number of hydrogen-bond donors (Lipinski definition) is 1. The lowest BCUT2D eigenvalue weighted by atomic mass is 9.95. The highest BCUT2D eigenvalue weighted by Gasteiger charge is 2.26. The van der Waals surface area contributed by atoms with E-state index in [1.807, 2.05) is 34.5 Å². The minimum atomic E-state index is -0.171. The number of likely N-dealkylation sites (tertiary alicyclic amines) is 1. The zero-order valence-corrected chi connectivity index (χ0v) is 16.9. The monoisotopic (exact) mass is 410 g/mol. The largest absolute Gasteiger partial charge is 0.496 e. The summed E-state index contributed by atoms with van der Waals surface area (Å²) in [5.41, 5.74) is 1.33. The van der Waals surface area contributed by atoms with Crippen molar-refractivity contribution in [2.24, 2.45) is 0 Å². The number of rotatable bonds is 5. The highest BCUT2D eigenvalue weighted by atomic mass is 32.1. The van der Waals surface area contributed by atoms with Crippen molar-refractivity contribution < 1.29 is 9.53 Å². The van der Waals surface area contributed by atoms with E-state index < -0.39 is 0 Å². The molecule has 1 aliphatic heterocycles. The van der Waals surface area contributed by atoms with Crippen LogP contribution in [0.4, 0.5) is 0 Å². The van der Waals surface area contributed by atoms with Crippen LogP contribution >= 0.6 is 11.3 Å². The van der Waals surface area contributed by atoms with Gasteiger partial charge in [0.1, 0.15) is 22.3 Å². The third-order valence-corrected chi connectivity index (χ3v) is 5.98. The van der Waals surface area contributed by atoms with E-state index in [9.17, 15) is 9.59 Å². The lowest BCUT2D eigenvalue weighted by Gasteiger charge is -2.31. The average molecular weight is 410 g/mol. The molecule has 29 heavy (non-hydrogen) atoms. The van der Waals surface area contributed by atoms with Crippen molar-refractivity contribution in [1.82, 2.24) is 19.9 Å². The number of thiazole rings is 1. The first-order chi connectivity index (χ1) is 14.1. The molecule has 1 aromatic carbocycles. The number of benzene rings is 1. The first-order valence-corrected chi connectivity index (χ1v) is 10.4. The molecule has 0 atom stereocenters. The first kappa shape index (κ1) is 19.3. The SMILES string of the molecule is COc1ccccc1CC(=O)N1CCC(c2nc(-c3nccs3)cc(=O)[nH]2)CC1. The van der Waals surface area contributed by atoms with E-state index in [2.05, 4.69) is 15.0 Å². The van der Waals surface area contributed by atoms with Gasteiger partial charge in [0.25, 0.3) is 5.56 Å². The lowest BCUT2D eigenvalue weighted by molar-refractivity contribution is -0.131. The van der Waals surface area contributed by atoms with Crippen molar-refractivity contribution >= 4 is 17.2 Å². The van der Waals surface area contributed by atoms with Gasteiger partial charge < -0.3 is 14.6 Å². The highest BCUT2D eigenvalue weighted by Crippen LogP contribution is 2.28. The van der Waals surface area contributed by atoms with Gasteiger partial charge in [-0.25, -0.2) is 9.97 Å². The van der Waals surface area contributed by atoms with Gasteiger partial charge >= 0.3 is 0 Å². The summed E-state index contributed by atoms with van der Waals surface area (Å²) in [4.78, 5) is 38.4. The normalized spacial score (nSPS) is 14.7. The first-order valence-electron chi connectivity index (χ1n) is 9.55. The number of aromatic amines is 1. The topological polar surface area (TPSA) is 88.2 Å². The van der Waals surface area contributed by atoms with Crippen molar-refractivity contribution in [3.63, 3.8) is 0 Å². The van der Waals surface area contributed by atoms with Crippen LogP contribution in [0.5, 0.6) is 5.75 Å². The fourth-order valence-corrected chi connectivity index (χ4v) is 4.25. The Kier molecular flexibility index (Phi) is 5.71. The Bertz CT molecular complexity index is 1040. The molecule has 0 unspecified atom stereocenters. The van der Waals surface area contributed by atoms with Crippen molar-refractivity contribution in [3.8, 4) is 16.5 Å². The van der Waals surface area contributed by atoms with Gasteiger partial charge in [0.15, 0.2) is 0 Å². The molecule has 150 valence electrons. The van der Waals surface area contributed by atoms with Gasteiger partial charge in [0.05, 0.1) is 13.5 Å². The summed E-state index contributed by atoms with van der Waals surface area (Å²) >= 11 is 1.46. The van der Waals surface area contributed by atoms with Crippen LogP contribution in [0.25, 0.3) is 10.7 Å². The molecule has 2 aromatic heterocycles. The number of nitrogens with zero attached hydrogens (tertiary/aromatic N) is 3. The van der Waals surface area contributed by atoms with Gasteiger partial charge in [0, 0.05) is 42.2 Å². The smallest absolute Gasteiger partial charge is 0.251 e. The standard InChI is InChI=1S/C21H22N4O3S/c1-28-17-5-3-2-4-15(17)12-19(27)25-9-6-14(7-10-25)20-23-16(13-18(26)24-20)21-22-8-11-29-21/h2-5,8,11,13-14H,6-7,9-10,12H2,1H3,(H,23,24,26). The molecule has 1 aliphatic rings. The molecule has 8 heteroatoms. The van der Waals surface area contributed by atoms with Gasteiger partial charge in [-0.2, -0.15) is 0 Å². The van der Waals surface area contributed by atoms with Crippen molar-refractivity contribution in [2.75, 3.05) is 20.2 Å². The summed E-state index contributed by atoms with van der Waals surface area (Å²) in [6.45, 7) is 1.29. The second-order valence-electron chi connectivity index (χ2n) is 7.00. The molecule has 1 saturated heterocycles. The predicted molar refractivity (Wildman–Crippen MR) is 111 cm³/mol. The van der Waals surface area contributed by atoms with E-state index in [1.165, 1.54) is 17.4 Å². The number of hydrogen-bond acceptors (Lipinski definition) is 6. The van der Waals surface area contributed by atoms with E-state index in [-0.39, 0.29) is 17.4 Å². The maximum atomic E-state index is 12.7. The Morgan fingerprint density at radius 3 is 2.83 bits per heavy atom. The van der Waals surface area contributed by atoms with E-state index in [4.69, 9.17) is 4.74 Å². The van der Waals surface area contributed by atoms with Crippen LogP contribution in [0.1, 0.15) is 30.1 Å². The second-order valence-corrected chi connectivity index (χ2v) is 7.89. The van der Waals surface area contributed by atoms with E-state index in [1.54, 1.807) is 13.3 Å². The van der Waals surface area contributed by atoms with Crippen molar-refractivity contribution in [1.29, 1.82) is 0 Å². The molecule has 0 saturated carbocycles. The predicted octanol–water partition coefficient (Wildman–Crippen LogP) is 2.85. The minimum absolute atomic E-state index is 0.0888. The summed E-state index contributed by atoms with van der Waals surface area (Å²) in [5, 5.41) is 2.60. The van der Waals surface area contributed by atoms with Gasteiger partial charge in [0.2, 0.25) is 5.91 Å². The Labute approximate surface area is 172 Å². The quantitative estimate of drug-likeness (QED) is 0.699. The number of piperidine rings is 1. The molecule has 0 bridgehead atoms. The van der Waals surface area contributed by atoms with Crippen LogP contribution in [-0.4, -0.2) is 46.0 Å². The summed E-state index contributed by atoms with van der Waals surface area (Å²) in [6.07, 6.45) is 3.56. The summed E-state index contributed by atoms with van der Waals surface area (Å²) < 4.78 is 5.34.